The number of benzene rings is 2. The molecule has 1 aromatic heterocycles. The van der Waals surface area contributed by atoms with E-state index in [0.29, 0.717) is 0 Å². The molecule has 3 aromatic rings. The summed E-state index contributed by atoms with van der Waals surface area (Å²) in [5.41, 5.74) is 3.22. The Balaban J connectivity index is 1.59. The zero-order valence-electron chi connectivity index (χ0n) is 18.6. The largest absolute Gasteiger partial charge is 0.497 e. The van der Waals surface area contributed by atoms with E-state index in [0.717, 1.165) is 34.4 Å². The second-order valence-electron chi connectivity index (χ2n) is 8.15. The third kappa shape index (κ3) is 4.06. The molecule has 0 saturated heterocycles. The molecule has 0 saturated carbocycles. The highest BCUT2D eigenvalue weighted by molar-refractivity contribution is 8.00. The van der Waals surface area contributed by atoms with Crippen molar-refractivity contribution in [1.82, 2.24) is 14.8 Å². The molecule has 0 spiro atoms. The molecule has 0 radical (unpaired) electrons. The second kappa shape index (κ2) is 8.75. The highest BCUT2D eigenvalue weighted by Gasteiger charge is 2.34. The van der Waals surface area contributed by atoms with Gasteiger partial charge in [-0.3, -0.25) is 9.36 Å². The fraction of sp³-hybridized carbons (Fsp3) is 0.375. The van der Waals surface area contributed by atoms with Gasteiger partial charge in [0.25, 0.3) is 0 Å². The molecule has 1 amide bonds. The molecule has 0 N–H and O–H groups in total. The van der Waals surface area contributed by atoms with Crippen LogP contribution in [0.15, 0.2) is 53.7 Å². The minimum absolute atomic E-state index is 0.103. The van der Waals surface area contributed by atoms with Crippen molar-refractivity contribution in [2.24, 2.45) is 0 Å². The van der Waals surface area contributed by atoms with E-state index in [2.05, 4.69) is 41.6 Å². The van der Waals surface area contributed by atoms with Gasteiger partial charge in [-0.1, -0.05) is 30.0 Å². The zero-order chi connectivity index (χ0) is 22.1. The smallest absolute Gasteiger partial charge is 0.240 e. The van der Waals surface area contributed by atoms with Crippen LogP contribution in [0, 0.1) is 0 Å². The third-order valence-electron chi connectivity index (χ3n) is 5.60. The molecule has 2 unspecified atom stereocenters. The van der Waals surface area contributed by atoms with E-state index >= 15 is 0 Å². The maximum atomic E-state index is 13.4. The van der Waals surface area contributed by atoms with Crippen LogP contribution in [0.1, 0.15) is 39.3 Å². The van der Waals surface area contributed by atoms with E-state index in [1.54, 1.807) is 7.11 Å². The summed E-state index contributed by atoms with van der Waals surface area (Å²) in [5.74, 6) is 1.69. The monoisotopic (exact) mass is 436 g/mol. The van der Waals surface area contributed by atoms with Crippen molar-refractivity contribution in [3.05, 3.63) is 54.1 Å². The number of aromatic nitrogens is 3. The van der Waals surface area contributed by atoms with Crippen molar-refractivity contribution in [3.8, 4) is 17.1 Å². The lowest BCUT2D eigenvalue weighted by atomic mass is 10.1. The van der Waals surface area contributed by atoms with Crippen molar-refractivity contribution in [3.63, 3.8) is 0 Å². The van der Waals surface area contributed by atoms with Crippen LogP contribution >= 0.6 is 11.8 Å². The second-order valence-corrected chi connectivity index (χ2v) is 9.46. The quantitative estimate of drug-likeness (QED) is 0.509. The number of thioether (sulfide) groups is 1. The van der Waals surface area contributed by atoms with E-state index in [1.807, 2.05) is 54.3 Å². The van der Waals surface area contributed by atoms with Crippen LogP contribution in [0.3, 0.4) is 0 Å². The van der Waals surface area contributed by atoms with Crippen LogP contribution < -0.4 is 9.64 Å². The molecule has 2 aromatic carbocycles. The average Bonchev–Trinajstić information content (AvgIpc) is 3.33. The molecule has 7 heteroatoms. The number of hydrogen-bond acceptors (Lipinski definition) is 5. The number of hydrogen-bond donors (Lipinski definition) is 0. The van der Waals surface area contributed by atoms with Crippen molar-refractivity contribution in [2.45, 2.75) is 56.6 Å². The van der Waals surface area contributed by atoms with Crippen LogP contribution in [-0.4, -0.2) is 39.1 Å². The van der Waals surface area contributed by atoms with Gasteiger partial charge in [-0.15, -0.1) is 10.2 Å². The van der Waals surface area contributed by atoms with Gasteiger partial charge in [-0.05, 0) is 70.0 Å². The normalized spacial score (nSPS) is 16.5. The summed E-state index contributed by atoms with van der Waals surface area (Å²) in [4.78, 5) is 15.3. The Hall–Kier alpha value is -2.80. The lowest BCUT2D eigenvalue weighted by molar-refractivity contribution is -0.118. The molecule has 0 bridgehead atoms. The zero-order valence-corrected chi connectivity index (χ0v) is 19.4. The Morgan fingerprint density at radius 3 is 2.48 bits per heavy atom. The van der Waals surface area contributed by atoms with Gasteiger partial charge in [0, 0.05) is 23.3 Å². The number of carbonyl (C=O) groups is 1. The molecule has 0 fully saturated rings. The predicted octanol–water partition coefficient (Wildman–Crippen LogP) is 4.99. The lowest BCUT2D eigenvalue weighted by Crippen LogP contribution is -2.40. The maximum absolute atomic E-state index is 13.4. The summed E-state index contributed by atoms with van der Waals surface area (Å²) in [5, 5.41) is 9.37. The van der Waals surface area contributed by atoms with E-state index in [4.69, 9.17) is 4.74 Å². The SMILES string of the molecule is COc1ccc(-c2nnc(SC(C)C(=O)N3c4ccccc4CC3C)n2C(C)C)cc1. The molecule has 4 rings (SSSR count). The van der Waals surface area contributed by atoms with Crippen LogP contribution in [-0.2, 0) is 11.2 Å². The van der Waals surface area contributed by atoms with Crippen LogP contribution in [0.4, 0.5) is 5.69 Å². The van der Waals surface area contributed by atoms with Crippen molar-refractivity contribution >= 4 is 23.4 Å². The molecule has 0 aliphatic carbocycles. The molecule has 2 heterocycles. The molecular weight excluding hydrogens is 408 g/mol. The molecule has 2 atom stereocenters. The summed E-state index contributed by atoms with van der Waals surface area (Å²) >= 11 is 1.47. The van der Waals surface area contributed by atoms with E-state index in [1.165, 1.54) is 17.3 Å². The average molecular weight is 437 g/mol. The van der Waals surface area contributed by atoms with Crippen LogP contribution in [0.5, 0.6) is 5.75 Å². The lowest BCUT2D eigenvalue weighted by Gasteiger charge is -2.26. The maximum Gasteiger partial charge on any atom is 0.240 e. The number of rotatable bonds is 6. The Morgan fingerprint density at radius 1 is 1.10 bits per heavy atom. The fourth-order valence-corrected chi connectivity index (χ4v) is 5.09. The number of amides is 1. The van der Waals surface area contributed by atoms with Gasteiger partial charge in [-0.25, -0.2) is 0 Å². The van der Waals surface area contributed by atoms with Gasteiger partial charge in [0.2, 0.25) is 5.91 Å². The first-order chi connectivity index (χ1) is 14.9. The predicted molar refractivity (Wildman–Crippen MR) is 125 cm³/mol. The van der Waals surface area contributed by atoms with Gasteiger partial charge in [0.1, 0.15) is 5.75 Å². The van der Waals surface area contributed by atoms with Gasteiger partial charge in [0.15, 0.2) is 11.0 Å². The van der Waals surface area contributed by atoms with E-state index < -0.39 is 0 Å². The van der Waals surface area contributed by atoms with E-state index in [9.17, 15) is 4.79 Å². The van der Waals surface area contributed by atoms with Crippen LogP contribution in [0.25, 0.3) is 11.4 Å². The minimum atomic E-state index is -0.279. The number of methoxy groups -OCH3 is 1. The van der Waals surface area contributed by atoms with Crippen LogP contribution in [0.2, 0.25) is 0 Å². The summed E-state index contributed by atoms with van der Waals surface area (Å²) in [6.45, 7) is 8.26. The number of nitrogens with zero attached hydrogens (tertiary/aromatic N) is 4. The summed E-state index contributed by atoms with van der Waals surface area (Å²) < 4.78 is 7.36. The first kappa shape index (κ1) is 21.4. The fourth-order valence-electron chi connectivity index (χ4n) is 4.07. The Labute approximate surface area is 187 Å². The topological polar surface area (TPSA) is 60.3 Å². The van der Waals surface area contributed by atoms with E-state index in [-0.39, 0.29) is 23.2 Å². The van der Waals surface area contributed by atoms with Crippen molar-refractivity contribution in [1.29, 1.82) is 0 Å². The Morgan fingerprint density at radius 2 is 1.81 bits per heavy atom. The molecule has 162 valence electrons. The first-order valence-corrected chi connectivity index (χ1v) is 11.5. The molecule has 1 aliphatic heterocycles. The molecule has 1 aliphatic rings. The summed E-state index contributed by atoms with van der Waals surface area (Å²) in [6.07, 6.45) is 0.892. The van der Waals surface area contributed by atoms with Crippen molar-refractivity contribution < 1.29 is 9.53 Å². The Bertz CT molecular complexity index is 1080. The van der Waals surface area contributed by atoms with Gasteiger partial charge >= 0.3 is 0 Å². The minimum Gasteiger partial charge on any atom is -0.497 e. The number of carbonyl (C=O) groups excluding carboxylic acids is 1. The number of anilines is 1. The Kier molecular flexibility index (Phi) is 6.05. The van der Waals surface area contributed by atoms with Crippen molar-refractivity contribution in [2.75, 3.05) is 12.0 Å². The first-order valence-electron chi connectivity index (χ1n) is 10.6. The standard InChI is InChI=1S/C24H28N4O2S/c1-15(2)27-22(18-10-12-20(30-5)13-11-18)25-26-24(27)31-17(4)23(29)28-16(3)14-19-8-6-7-9-21(19)28/h6-13,15-17H,14H2,1-5H3. The van der Waals surface area contributed by atoms with Gasteiger partial charge in [0.05, 0.1) is 12.4 Å². The van der Waals surface area contributed by atoms with Gasteiger partial charge < -0.3 is 9.64 Å². The van der Waals surface area contributed by atoms with Gasteiger partial charge in [-0.2, -0.15) is 0 Å². The summed E-state index contributed by atoms with van der Waals surface area (Å²) in [6, 6.07) is 16.3. The molecule has 31 heavy (non-hydrogen) atoms. The number of para-hydroxylation sites is 1. The number of ether oxygens (including phenoxy) is 1. The summed E-state index contributed by atoms with van der Waals surface area (Å²) in [7, 11) is 1.65. The third-order valence-corrected chi connectivity index (χ3v) is 6.65. The molecular formula is C24H28N4O2S. The highest BCUT2D eigenvalue weighted by atomic mass is 32.2. The molecule has 6 nitrogen and oxygen atoms in total. The highest BCUT2D eigenvalue weighted by Crippen LogP contribution is 2.36. The number of fused-ring (bicyclic) bond motifs is 1.